The van der Waals surface area contributed by atoms with Gasteiger partial charge in [0.2, 0.25) is 0 Å². The van der Waals surface area contributed by atoms with Crippen LogP contribution in [0.4, 0.5) is 0 Å². The summed E-state index contributed by atoms with van der Waals surface area (Å²) in [5.41, 5.74) is 0. The molecular weight excluding hydrogens is 106 g/mol. The molecule has 1 amide bonds. The molecule has 0 saturated heterocycles. The lowest BCUT2D eigenvalue weighted by Gasteiger charge is -1.96. The van der Waals surface area contributed by atoms with E-state index in [1.54, 1.807) is 6.41 Å². The summed E-state index contributed by atoms with van der Waals surface area (Å²) in [4.78, 5) is 9.48. The smallest absolute Gasteiger partial charge is 0.309 e. The van der Waals surface area contributed by atoms with Crippen molar-refractivity contribution in [1.29, 1.82) is 0 Å². The van der Waals surface area contributed by atoms with Gasteiger partial charge in [-0.15, -0.1) is 0 Å². The van der Waals surface area contributed by atoms with E-state index in [1.807, 2.05) is 6.92 Å². The average molecular weight is 116 g/mol. The molecule has 0 aromatic carbocycles. The summed E-state index contributed by atoms with van der Waals surface area (Å²) in [6.45, 7) is 3.73. The molecule has 0 fully saturated rings. The van der Waals surface area contributed by atoms with Crippen molar-refractivity contribution in [2.75, 3.05) is 19.8 Å². The molecule has 1 N–H and O–H groups in total. The maximum Gasteiger partial charge on any atom is 0.309 e. The molecule has 1 radical (unpaired) electrons. The minimum absolute atomic E-state index is 0.553. The van der Waals surface area contributed by atoms with E-state index in [9.17, 15) is 4.79 Å². The zero-order chi connectivity index (χ0) is 6.24. The molecule has 0 aromatic rings. The van der Waals surface area contributed by atoms with Gasteiger partial charge in [-0.3, -0.25) is 4.79 Å². The van der Waals surface area contributed by atoms with Crippen LogP contribution in [0.3, 0.4) is 0 Å². The van der Waals surface area contributed by atoms with E-state index >= 15 is 0 Å². The number of hydrogen-bond donors (Lipinski definition) is 1. The van der Waals surface area contributed by atoms with Crippen LogP contribution in [0, 0.1) is 0 Å². The van der Waals surface area contributed by atoms with E-state index in [1.165, 1.54) is 0 Å². The van der Waals surface area contributed by atoms with Gasteiger partial charge >= 0.3 is 6.41 Å². The first-order valence-electron chi connectivity index (χ1n) is 2.59. The van der Waals surface area contributed by atoms with Gasteiger partial charge in [0, 0.05) is 13.2 Å². The van der Waals surface area contributed by atoms with Gasteiger partial charge in [-0.2, -0.15) is 0 Å². The Labute approximate surface area is 49.0 Å². The number of ether oxygens (including phenoxy) is 1. The van der Waals surface area contributed by atoms with Crippen molar-refractivity contribution in [3.63, 3.8) is 0 Å². The maximum absolute atomic E-state index is 9.48. The first-order valence-corrected chi connectivity index (χ1v) is 2.59. The van der Waals surface area contributed by atoms with Gasteiger partial charge in [0.25, 0.3) is 0 Å². The average Bonchev–Trinajstić information content (AvgIpc) is 1.81. The molecular formula is C5H10NO2. The van der Waals surface area contributed by atoms with Crippen LogP contribution < -0.4 is 5.32 Å². The van der Waals surface area contributed by atoms with Crippen LogP contribution in [0.2, 0.25) is 0 Å². The molecule has 8 heavy (non-hydrogen) atoms. The van der Waals surface area contributed by atoms with Gasteiger partial charge in [0.15, 0.2) is 0 Å². The van der Waals surface area contributed by atoms with Crippen molar-refractivity contribution < 1.29 is 9.53 Å². The van der Waals surface area contributed by atoms with Gasteiger partial charge < -0.3 is 10.1 Å². The Bertz CT molecular complexity index is 56.4. The molecule has 0 aliphatic heterocycles. The molecule has 0 spiro atoms. The van der Waals surface area contributed by atoms with Crippen LogP contribution >= 0.6 is 0 Å². The van der Waals surface area contributed by atoms with Gasteiger partial charge in [0.1, 0.15) is 0 Å². The van der Waals surface area contributed by atoms with E-state index in [4.69, 9.17) is 4.74 Å². The Hall–Kier alpha value is -0.570. The second-order valence-corrected chi connectivity index (χ2v) is 1.23. The lowest BCUT2D eigenvalue weighted by Crippen LogP contribution is -2.17. The van der Waals surface area contributed by atoms with Crippen molar-refractivity contribution in [2.24, 2.45) is 0 Å². The quantitative estimate of drug-likeness (QED) is 0.395. The Morgan fingerprint density at radius 2 is 2.50 bits per heavy atom. The molecule has 0 atom stereocenters. The monoisotopic (exact) mass is 116 g/mol. The Morgan fingerprint density at radius 3 is 3.00 bits per heavy atom. The molecule has 0 unspecified atom stereocenters. The summed E-state index contributed by atoms with van der Waals surface area (Å²) < 4.78 is 4.89. The van der Waals surface area contributed by atoms with Crippen molar-refractivity contribution in [1.82, 2.24) is 5.32 Å². The van der Waals surface area contributed by atoms with Crippen LogP contribution in [-0.4, -0.2) is 26.2 Å². The van der Waals surface area contributed by atoms with Crippen molar-refractivity contribution in [3.05, 3.63) is 0 Å². The molecule has 0 heterocycles. The van der Waals surface area contributed by atoms with E-state index in [2.05, 4.69) is 5.32 Å². The second-order valence-electron chi connectivity index (χ2n) is 1.23. The fourth-order valence-electron chi connectivity index (χ4n) is 0.319. The van der Waals surface area contributed by atoms with E-state index in [0.29, 0.717) is 19.8 Å². The van der Waals surface area contributed by atoms with Gasteiger partial charge in [-0.25, -0.2) is 0 Å². The predicted molar refractivity (Wildman–Crippen MR) is 30.2 cm³/mol. The second kappa shape index (κ2) is 6.43. The zero-order valence-corrected chi connectivity index (χ0v) is 4.94. The van der Waals surface area contributed by atoms with Crippen LogP contribution in [0.15, 0.2) is 0 Å². The Morgan fingerprint density at radius 1 is 1.75 bits per heavy atom. The van der Waals surface area contributed by atoms with Crippen LogP contribution in [0.5, 0.6) is 0 Å². The van der Waals surface area contributed by atoms with Crippen molar-refractivity contribution in [3.8, 4) is 0 Å². The minimum Gasteiger partial charge on any atom is -0.380 e. The lowest BCUT2D eigenvalue weighted by molar-refractivity contribution is 0.152. The summed E-state index contributed by atoms with van der Waals surface area (Å²) in [6, 6.07) is 0. The van der Waals surface area contributed by atoms with Crippen LogP contribution in [0.25, 0.3) is 0 Å². The third kappa shape index (κ3) is 5.43. The molecule has 0 aliphatic carbocycles. The molecule has 0 aromatic heterocycles. The molecule has 47 valence electrons. The fraction of sp³-hybridized carbons (Fsp3) is 0.800. The van der Waals surface area contributed by atoms with E-state index in [0.717, 1.165) is 0 Å². The number of amides is 1. The van der Waals surface area contributed by atoms with Crippen LogP contribution in [-0.2, 0) is 9.53 Å². The highest BCUT2D eigenvalue weighted by Crippen LogP contribution is 1.67. The van der Waals surface area contributed by atoms with E-state index < -0.39 is 0 Å². The highest BCUT2D eigenvalue weighted by molar-refractivity contribution is 5.46. The maximum atomic E-state index is 9.48. The summed E-state index contributed by atoms with van der Waals surface area (Å²) in [6.07, 6.45) is 1.55. The third-order valence-electron chi connectivity index (χ3n) is 0.648. The zero-order valence-electron chi connectivity index (χ0n) is 4.94. The Kier molecular flexibility index (Phi) is 5.97. The standard InChI is InChI=1S/C5H10NO2/c1-2-8-4-3-6-5-7/h2-4H2,1H3,(H,6,7). The lowest BCUT2D eigenvalue weighted by atomic mass is 10.7. The first-order chi connectivity index (χ1) is 3.91. The topological polar surface area (TPSA) is 38.3 Å². The minimum atomic E-state index is 0.553. The summed E-state index contributed by atoms with van der Waals surface area (Å²) >= 11 is 0. The van der Waals surface area contributed by atoms with Gasteiger partial charge in [0.05, 0.1) is 6.61 Å². The number of carbonyl (C=O) groups excluding carboxylic acids is 1. The normalized spacial score (nSPS) is 8.62. The summed E-state index contributed by atoms with van der Waals surface area (Å²) in [7, 11) is 0. The van der Waals surface area contributed by atoms with Crippen LogP contribution in [0.1, 0.15) is 6.92 Å². The molecule has 0 aliphatic rings. The number of nitrogens with one attached hydrogen (secondary N) is 1. The Balaban J connectivity index is 2.62. The summed E-state index contributed by atoms with van der Waals surface area (Å²) in [5, 5.41) is 2.35. The fourth-order valence-corrected chi connectivity index (χ4v) is 0.319. The molecule has 0 rings (SSSR count). The molecule has 0 bridgehead atoms. The number of rotatable bonds is 5. The van der Waals surface area contributed by atoms with Gasteiger partial charge in [-0.05, 0) is 6.92 Å². The van der Waals surface area contributed by atoms with Crippen molar-refractivity contribution >= 4 is 6.41 Å². The van der Waals surface area contributed by atoms with Gasteiger partial charge in [-0.1, -0.05) is 0 Å². The largest absolute Gasteiger partial charge is 0.380 e. The predicted octanol–water partition coefficient (Wildman–Crippen LogP) is -0.320. The molecule has 3 nitrogen and oxygen atoms in total. The SMILES string of the molecule is CCOCCN[C]=O. The molecule has 0 saturated carbocycles. The molecule has 3 heteroatoms. The van der Waals surface area contributed by atoms with Crippen molar-refractivity contribution in [2.45, 2.75) is 6.92 Å². The highest BCUT2D eigenvalue weighted by atomic mass is 16.5. The first kappa shape index (κ1) is 7.43. The summed E-state index contributed by atoms with van der Waals surface area (Å²) in [5.74, 6) is 0. The van der Waals surface area contributed by atoms with E-state index in [-0.39, 0.29) is 0 Å². The highest BCUT2D eigenvalue weighted by Gasteiger charge is 1.80. The number of hydrogen-bond acceptors (Lipinski definition) is 2. The third-order valence-corrected chi connectivity index (χ3v) is 0.648.